The third kappa shape index (κ3) is 5.03. The minimum atomic E-state index is -0.853. The van der Waals surface area contributed by atoms with Crippen LogP contribution in [0.25, 0.3) is 10.9 Å². The van der Waals surface area contributed by atoms with Crippen molar-refractivity contribution in [2.45, 2.75) is 52.3 Å². The van der Waals surface area contributed by atoms with E-state index in [9.17, 15) is 18.4 Å². The Hall–Kier alpha value is -2.55. The molecule has 2 aromatic rings. The fraction of sp³-hybridized carbons (Fsp3) is 0.526. The number of fused-ring (bicyclic) bond motifs is 1. The minimum Gasteiger partial charge on any atom is -0.444 e. The molecule has 0 aliphatic carbocycles. The highest BCUT2D eigenvalue weighted by molar-refractivity contribution is 5.79. The van der Waals surface area contributed by atoms with E-state index in [0.717, 1.165) is 12.1 Å². The van der Waals surface area contributed by atoms with E-state index in [1.54, 1.807) is 27.7 Å². The molecule has 1 aromatic carbocycles. The number of hydrogen-bond donors (Lipinski definition) is 1. The molecule has 28 heavy (non-hydrogen) atoms. The first-order chi connectivity index (χ1) is 13.0. The quantitative estimate of drug-likeness (QED) is 0.757. The van der Waals surface area contributed by atoms with Crippen molar-refractivity contribution in [3.05, 3.63) is 39.9 Å². The average Bonchev–Trinajstić information content (AvgIpc) is 2.57. The first-order valence-electron chi connectivity index (χ1n) is 8.92. The van der Waals surface area contributed by atoms with Gasteiger partial charge in [0.1, 0.15) is 34.0 Å². The molecule has 0 spiro atoms. The molecule has 0 unspecified atom stereocenters. The Bertz CT molecular complexity index is 922. The molecule has 0 saturated carbocycles. The van der Waals surface area contributed by atoms with Gasteiger partial charge >= 0.3 is 6.09 Å². The van der Waals surface area contributed by atoms with E-state index in [1.165, 1.54) is 11.7 Å². The lowest BCUT2D eigenvalue weighted by atomic mass is 10.2. The summed E-state index contributed by atoms with van der Waals surface area (Å²) in [7, 11) is 1.52. The van der Waals surface area contributed by atoms with Gasteiger partial charge in [-0.1, -0.05) is 0 Å². The first-order valence-corrected chi connectivity index (χ1v) is 8.92. The molecule has 1 amide bonds. The first kappa shape index (κ1) is 21.7. The van der Waals surface area contributed by atoms with E-state index >= 15 is 0 Å². The number of rotatable bonds is 6. The fourth-order valence-corrected chi connectivity index (χ4v) is 2.73. The lowest BCUT2D eigenvalue weighted by molar-refractivity contribution is 0.0504. The number of aromatic nitrogens is 2. The largest absolute Gasteiger partial charge is 0.444 e. The van der Waals surface area contributed by atoms with Crippen LogP contribution in [0.1, 0.15) is 46.0 Å². The number of halogens is 2. The van der Waals surface area contributed by atoms with Crippen LogP contribution in [0.5, 0.6) is 0 Å². The molecule has 1 atom stereocenters. The van der Waals surface area contributed by atoms with Gasteiger partial charge in [0.2, 0.25) is 0 Å². The van der Waals surface area contributed by atoms with Gasteiger partial charge in [0.05, 0.1) is 6.04 Å². The molecule has 0 saturated heterocycles. The number of alkyl carbamates (subject to hydrolysis) is 1. The van der Waals surface area contributed by atoms with Gasteiger partial charge in [0.15, 0.2) is 0 Å². The van der Waals surface area contributed by atoms with Gasteiger partial charge in [-0.25, -0.2) is 18.6 Å². The van der Waals surface area contributed by atoms with Crippen molar-refractivity contribution in [2.75, 3.05) is 13.7 Å². The molecular formula is C19H25F2N3O4. The Morgan fingerprint density at radius 3 is 2.54 bits per heavy atom. The molecule has 0 aliphatic rings. The van der Waals surface area contributed by atoms with Gasteiger partial charge in [0, 0.05) is 20.3 Å². The normalized spacial score (nSPS) is 12.8. The van der Waals surface area contributed by atoms with Crippen molar-refractivity contribution in [3.63, 3.8) is 0 Å². The van der Waals surface area contributed by atoms with E-state index in [0.29, 0.717) is 13.0 Å². The monoisotopic (exact) mass is 397 g/mol. The van der Waals surface area contributed by atoms with Crippen LogP contribution in [0, 0.1) is 11.6 Å². The van der Waals surface area contributed by atoms with Crippen molar-refractivity contribution >= 4 is 17.0 Å². The molecule has 9 heteroatoms. The number of amides is 1. The molecule has 7 nitrogen and oxygen atoms in total. The number of nitrogens with zero attached hydrogens (tertiary/aromatic N) is 2. The van der Waals surface area contributed by atoms with E-state index in [1.807, 2.05) is 0 Å². The standard InChI is InChI=1S/C19H25F2N3O4/c1-11(22-18(26)28-19(2,3)4)16-23-15-13(21)8-7-12(20)14(15)17(25)24(16)9-6-10-27-5/h7-8,11H,6,9-10H2,1-5H3,(H,22,26)/t11-/m0/s1. The van der Waals surface area contributed by atoms with E-state index < -0.39 is 40.3 Å². The number of carbonyl (C=O) groups excluding carboxylic acids is 1. The predicted octanol–water partition coefficient (Wildman–Crippen LogP) is 3.30. The van der Waals surface area contributed by atoms with E-state index in [4.69, 9.17) is 9.47 Å². The highest BCUT2D eigenvalue weighted by Gasteiger charge is 2.23. The van der Waals surface area contributed by atoms with Gasteiger partial charge in [-0.2, -0.15) is 0 Å². The maximum Gasteiger partial charge on any atom is 0.408 e. The maximum absolute atomic E-state index is 14.2. The molecule has 1 N–H and O–H groups in total. The number of nitrogens with one attached hydrogen (secondary N) is 1. The molecule has 1 aromatic heterocycles. The topological polar surface area (TPSA) is 82.4 Å². The Morgan fingerprint density at radius 1 is 1.29 bits per heavy atom. The lowest BCUT2D eigenvalue weighted by Crippen LogP contribution is -2.37. The zero-order valence-electron chi connectivity index (χ0n) is 16.6. The fourth-order valence-electron chi connectivity index (χ4n) is 2.73. The summed E-state index contributed by atoms with van der Waals surface area (Å²) in [6.45, 7) is 7.26. The molecular weight excluding hydrogens is 372 g/mol. The predicted molar refractivity (Wildman–Crippen MR) is 100 cm³/mol. The van der Waals surface area contributed by atoms with Gasteiger partial charge < -0.3 is 14.8 Å². The summed E-state index contributed by atoms with van der Waals surface area (Å²) >= 11 is 0. The van der Waals surface area contributed by atoms with Crippen LogP contribution in [0.4, 0.5) is 13.6 Å². The maximum atomic E-state index is 14.2. The second-order valence-electron chi connectivity index (χ2n) is 7.39. The molecule has 154 valence electrons. The van der Waals surface area contributed by atoms with Crippen LogP contribution in [-0.2, 0) is 16.0 Å². The minimum absolute atomic E-state index is 0.101. The number of methoxy groups -OCH3 is 1. The summed E-state index contributed by atoms with van der Waals surface area (Å²) in [5, 5.41) is 2.15. The molecule has 0 aliphatic heterocycles. The van der Waals surface area contributed by atoms with Crippen LogP contribution in [0.2, 0.25) is 0 Å². The lowest BCUT2D eigenvalue weighted by Gasteiger charge is -2.23. The van der Waals surface area contributed by atoms with Gasteiger partial charge in [0.25, 0.3) is 5.56 Å². The molecule has 2 rings (SSSR count). The zero-order valence-corrected chi connectivity index (χ0v) is 16.6. The van der Waals surface area contributed by atoms with Crippen LogP contribution in [-0.4, -0.2) is 35.0 Å². The average molecular weight is 397 g/mol. The van der Waals surface area contributed by atoms with Crippen molar-refractivity contribution in [1.82, 2.24) is 14.9 Å². The van der Waals surface area contributed by atoms with E-state index in [-0.39, 0.29) is 17.9 Å². The Labute approximate surface area is 161 Å². The Kier molecular flexibility index (Phi) is 6.71. The number of ether oxygens (including phenoxy) is 2. The Morgan fingerprint density at radius 2 is 1.93 bits per heavy atom. The summed E-state index contributed by atoms with van der Waals surface area (Å²) in [4.78, 5) is 29.1. The van der Waals surface area contributed by atoms with Gasteiger partial charge in [-0.05, 0) is 46.2 Å². The smallest absolute Gasteiger partial charge is 0.408 e. The van der Waals surface area contributed by atoms with Crippen LogP contribution >= 0.6 is 0 Å². The van der Waals surface area contributed by atoms with Crippen molar-refractivity contribution in [1.29, 1.82) is 0 Å². The third-order valence-electron chi connectivity index (χ3n) is 3.89. The second kappa shape index (κ2) is 8.64. The number of benzene rings is 1. The van der Waals surface area contributed by atoms with Crippen LogP contribution in [0.3, 0.4) is 0 Å². The summed E-state index contributed by atoms with van der Waals surface area (Å²) in [6, 6.07) is 1.02. The molecule has 0 bridgehead atoms. The number of carbonyl (C=O) groups is 1. The third-order valence-corrected chi connectivity index (χ3v) is 3.89. The highest BCUT2D eigenvalue weighted by Crippen LogP contribution is 2.20. The summed E-state index contributed by atoms with van der Waals surface area (Å²) in [6.07, 6.45) is -0.260. The molecule has 0 radical (unpaired) electrons. The van der Waals surface area contributed by atoms with Crippen molar-refractivity contribution in [3.8, 4) is 0 Å². The summed E-state index contributed by atoms with van der Waals surface area (Å²) < 4.78 is 39.8. The van der Waals surface area contributed by atoms with Gasteiger partial charge in [-0.15, -0.1) is 0 Å². The molecule has 1 heterocycles. The SMILES string of the molecule is COCCCn1c([C@H](C)NC(=O)OC(C)(C)C)nc2c(F)ccc(F)c2c1=O. The molecule has 0 fully saturated rings. The van der Waals surface area contributed by atoms with Crippen molar-refractivity contribution in [2.24, 2.45) is 0 Å². The summed E-state index contributed by atoms with van der Waals surface area (Å²) in [5.74, 6) is -1.57. The van der Waals surface area contributed by atoms with Crippen LogP contribution < -0.4 is 10.9 Å². The zero-order chi connectivity index (χ0) is 21.1. The highest BCUT2D eigenvalue weighted by atomic mass is 19.1. The van der Waals surface area contributed by atoms with E-state index in [2.05, 4.69) is 10.3 Å². The van der Waals surface area contributed by atoms with Crippen molar-refractivity contribution < 1.29 is 23.0 Å². The second-order valence-corrected chi connectivity index (χ2v) is 7.39. The summed E-state index contributed by atoms with van der Waals surface area (Å²) in [5.41, 5.74) is -1.81. The van der Waals surface area contributed by atoms with Crippen LogP contribution in [0.15, 0.2) is 16.9 Å². The van der Waals surface area contributed by atoms with Gasteiger partial charge in [-0.3, -0.25) is 9.36 Å². The Balaban J connectivity index is 2.52. The number of hydrogen-bond acceptors (Lipinski definition) is 5.